The summed E-state index contributed by atoms with van der Waals surface area (Å²) in [4.78, 5) is 0. The number of hydrogen-bond donors (Lipinski definition) is 1. The minimum atomic E-state index is 0.386. The lowest BCUT2D eigenvalue weighted by molar-refractivity contribution is 0.520. The first kappa shape index (κ1) is 14.9. The van der Waals surface area contributed by atoms with E-state index in [1.807, 2.05) is 25.2 Å². The van der Waals surface area contributed by atoms with Gasteiger partial charge in [-0.25, -0.2) is 0 Å². The van der Waals surface area contributed by atoms with Crippen LogP contribution in [0.25, 0.3) is 0 Å². The number of likely N-dealkylation sites (N-methyl/N-ethyl adjacent to an activating group) is 1. The average molecular weight is 314 g/mol. The molecule has 1 aromatic carbocycles. The molecule has 0 spiro atoms. The fourth-order valence-corrected chi connectivity index (χ4v) is 3.35. The van der Waals surface area contributed by atoms with Gasteiger partial charge in [-0.3, -0.25) is 0 Å². The molecule has 4 heteroatoms. The first-order chi connectivity index (χ1) is 9.20. The summed E-state index contributed by atoms with van der Waals surface area (Å²) >= 11 is 14.2. The maximum Gasteiger partial charge on any atom is 0.0453 e. The molecule has 0 saturated carbocycles. The van der Waals surface area contributed by atoms with Gasteiger partial charge in [0.2, 0.25) is 0 Å². The van der Waals surface area contributed by atoms with Crippen LogP contribution in [0, 0.1) is 0 Å². The van der Waals surface area contributed by atoms with Gasteiger partial charge in [0.1, 0.15) is 0 Å². The Morgan fingerprint density at radius 1 is 1.21 bits per heavy atom. The molecule has 0 amide bonds. The van der Waals surface area contributed by atoms with E-state index in [9.17, 15) is 0 Å². The summed E-state index contributed by atoms with van der Waals surface area (Å²) in [6, 6.07) is 8.24. The topological polar surface area (TPSA) is 12.0 Å². The minimum Gasteiger partial charge on any atom is -0.317 e. The van der Waals surface area contributed by atoms with Gasteiger partial charge in [0.25, 0.3) is 0 Å². The molecule has 1 aromatic heterocycles. The summed E-state index contributed by atoms with van der Waals surface area (Å²) in [5, 5.41) is 9.18. The zero-order valence-corrected chi connectivity index (χ0v) is 13.2. The van der Waals surface area contributed by atoms with Crippen molar-refractivity contribution in [1.82, 2.24) is 5.32 Å². The molecule has 0 saturated heterocycles. The van der Waals surface area contributed by atoms with Crippen LogP contribution in [0.1, 0.15) is 17.5 Å². The van der Waals surface area contributed by atoms with E-state index in [1.165, 1.54) is 5.56 Å². The van der Waals surface area contributed by atoms with Crippen molar-refractivity contribution in [3.63, 3.8) is 0 Å². The maximum absolute atomic E-state index is 6.22. The molecule has 0 bridgehead atoms. The van der Waals surface area contributed by atoms with E-state index in [-0.39, 0.29) is 0 Å². The van der Waals surface area contributed by atoms with E-state index in [4.69, 9.17) is 23.2 Å². The first-order valence-corrected chi connectivity index (χ1v) is 8.02. The lowest BCUT2D eigenvalue weighted by Crippen LogP contribution is -2.28. The predicted molar refractivity (Wildman–Crippen MR) is 85.7 cm³/mol. The Labute approximate surface area is 128 Å². The Balaban J connectivity index is 1.98. The fourth-order valence-electron chi connectivity index (χ4n) is 2.10. The Bertz CT molecular complexity index is 491. The van der Waals surface area contributed by atoms with Crippen molar-refractivity contribution in [1.29, 1.82) is 0 Å². The molecule has 0 aliphatic heterocycles. The highest BCUT2D eigenvalue weighted by molar-refractivity contribution is 7.07. The van der Waals surface area contributed by atoms with E-state index in [1.54, 1.807) is 11.3 Å². The molecule has 0 aliphatic rings. The van der Waals surface area contributed by atoms with Gasteiger partial charge in [0.15, 0.2) is 0 Å². The zero-order chi connectivity index (χ0) is 13.7. The van der Waals surface area contributed by atoms with Crippen LogP contribution in [-0.2, 0) is 12.8 Å². The number of aryl methyl sites for hydroxylation is 1. The van der Waals surface area contributed by atoms with Crippen LogP contribution < -0.4 is 5.32 Å². The number of nitrogens with one attached hydrogen (secondary N) is 1. The van der Waals surface area contributed by atoms with Crippen LogP contribution in [0.3, 0.4) is 0 Å². The molecule has 0 radical (unpaired) electrons. The summed E-state index contributed by atoms with van der Waals surface area (Å²) in [5.74, 6) is 0. The van der Waals surface area contributed by atoms with Crippen molar-refractivity contribution in [2.24, 2.45) is 0 Å². The number of thiophene rings is 1. The molecule has 1 nitrogen and oxygen atoms in total. The summed E-state index contributed by atoms with van der Waals surface area (Å²) in [6.45, 7) is 0. The van der Waals surface area contributed by atoms with Gasteiger partial charge in [-0.05, 0) is 66.4 Å². The highest BCUT2D eigenvalue weighted by Crippen LogP contribution is 2.26. The third-order valence-corrected chi connectivity index (χ3v) is 4.72. The van der Waals surface area contributed by atoms with Crippen molar-refractivity contribution < 1.29 is 0 Å². The molecule has 1 atom stereocenters. The van der Waals surface area contributed by atoms with Crippen LogP contribution in [0.15, 0.2) is 35.0 Å². The number of halogens is 2. The van der Waals surface area contributed by atoms with Crippen molar-refractivity contribution in [3.8, 4) is 0 Å². The Morgan fingerprint density at radius 3 is 2.53 bits per heavy atom. The second-order valence-corrected chi connectivity index (χ2v) is 6.15. The summed E-state index contributed by atoms with van der Waals surface area (Å²) in [5.41, 5.74) is 2.44. The monoisotopic (exact) mass is 313 g/mol. The second-order valence-electron chi connectivity index (χ2n) is 4.56. The van der Waals surface area contributed by atoms with Gasteiger partial charge in [0.05, 0.1) is 0 Å². The average Bonchev–Trinajstić information content (AvgIpc) is 2.91. The number of benzene rings is 1. The molecule has 2 rings (SSSR count). The predicted octanol–water partition coefficient (Wildman–Crippen LogP) is 4.82. The third kappa shape index (κ3) is 4.22. The van der Waals surface area contributed by atoms with E-state index in [2.05, 4.69) is 22.1 Å². The van der Waals surface area contributed by atoms with E-state index < -0.39 is 0 Å². The summed E-state index contributed by atoms with van der Waals surface area (Å²) in [6.07, 6.45) is 3.02. The molecule has 102 valence electrons. The third-order valence-electron chi connectivity index (χ3n) is 3.28. The van der Waals surface area contributed by atoms with Gasteiger partial charge >= 0.3 is 0 Å². The quantitative estimate of drug-likeness (QED) is 0.806. The van der Waals surface area contributed by atoms with E-state index in [0.29, 0.717) is 6.04 Å². The normalized spacial score (nSPS) is 12.6. The molecule has 1 heterocycles. The van der Waals surface area contributed by atoms with Gasteiger partial charge in [-0.2, -0.15) is 11.3 Å². The van der Waals surface area contributed by atoms with Crippen LogP contribution >= 0.6 is 34.5 Å². The van der Waals surface area contributed by atoms with Gasteiger partial charge < -0.3 is 5.32 Å². The smallest absolute Gasteiger partial charge is 0.0453 e. The van der Waals surface area contributed by atoms with E-state index in [0.717, 1.165) is 34.9 Å². The molecule has 0 fully saturated rings. The largest absolute Gasteiger partial charge is 0.317 e. The minimum absolute atomic E-state index is 0.386. The Kier molecular flexibility index (Phi) is 5.71. The zero-order valence-electron chi connectivity index (χ0n) is 10.8. The van der Waals surface area contributed by atoms with Gasteiger partial charge in [0, 0.05) is 16.1 Å². The highest BCUT2D eigenvalue weighted by Gasteiger charge is 2.12. The summed E-state index contributed by atoms with van der Waals surface area (Å²) < 4.78 is 0. The standard InChI is InChI=1S/C15H17Cl2NS/c1-18-12(6-5-11-7-8-19-10-11)9-13-14(16)3-2-4-15(13)17/h2-4,7-8,10,12,18H,5-6,9H2,1H3. The van der Waals surface area contributed by atoms with Crippen LogP contribution in [0.5, 0.6) is 0 Å². The van der Waals surface area contributed by atoms with Crippen molar-refractivity contribution in [3.05, 3.63) is 56.2 Å². The number of hydrogen-bond acceptors (Lipinski definition) is 2. The molecule has 0 aliphatic carbocycles. The maximum atomic E-state index is 6.22. The van der Waals surface area contributed by atoms with Crippen LogP contribution in [-0.4, -0.2) is 13.1 Å². The molecule has 2 aromatic rings. The van der Waals surface area contributed by atoms with Crippen molar-refractivity contribution >= 4 is 34.5 Å². The fraction of sp³-hybridized carbons (Fsp3) is 0.333. The van der Waals surface area contributed by atoms with Gasteiger partial charge in [-0.1, -0.05) is 29.3 Å². The molecular weight excluding hydrogens is 297 g/mol. The number of rotatable bonds is 6. The first-order valence-electron chi connectivity index (χ1n) is 6.32. The molecular formula is C15H17Cl2NS. The van der Waals surface area contributed by atoms with Gasteiger partial charge in [-0.15, -0.1) is 0 Å². The van der Waals surface area contributed by atoms with Crippen molar-refractivity contribution in [2.75, 3.05) is 7.05 Å². The van der Waals surface area contributed by atoms with Crippen LogP contribution in [0.4, 0.5) is 0 Å². The molecule has 1 unspecified atom stereocenters. The van der Waals surface area contributed by atoms with Crippen LogP contribution in [0.2, 0.25) is 10.0 Å². The second kappa shape index (κ2) is 7.30. The van der Waals surface area contributed by atoms with E-state index >= 15 is 0 Å². The highest BCUT2D eigenvalue weighted by atomic mass is 35.5. The van der Waals surface area contributed by atoms with Crippen molar-refractivity contribution in [2.45, 2.75) is 25.3 Å². The molecule has 19 heavy (non-hydrogen) atoms. The lowest BCUT2D eigenvalue weighted by atomic mass is 10.00. The Hall–Kier alpha value is -0.540. The molecule has 1 N–H and O–H groups in total. The Morgan fingerprint density at radius 2 is 1.95 bits per heavy atom. The SMILES string of the molecule is CNC(CCc1ccsc1)Cc1c(Cl)cccc1Cl. The lowest BCUT2D eigenvalue weighted by Gasteiger charge is -2.17. The summed E-state index contributed by atoms with van der Waals surface area (Å²) in [7, 11) is 1.99.